The average molecular weight is 415 g/mol. The molecule has 0 aromatic heterocycles. The maximum Gasteiger partial charge on any atom is 0.312 e. The standard InChI is InChI=1S/C27H42O3/c1-23(2)18-9-12-26(5)19(24(18,3)11-10-20(23)28)7-6-16-21-17-8-13-27(21,22(29)30-17)15-14-25(16,26)4/h16-21,28H,6-15H2,1-5H3/t16-,17+,18+,19-,20+,21+,24+,25-,26-,27+/m1/s1. The van der Waals surface area contributed by atoms with Crippen molar-refractivity contribution in [2.45, 2.75) is 111 Å². The second-order valence-electron chi connectivity index (χ2n) is 13.7. The largest absolute Gasteiger partial charge is 0.462 e. The maximum absolute atomic E-state index is 12.8. The van der Waals surface area contributed by atoms with Crippen LogP contribution < -0.4 is 0 Å². The molecule has 0 amide bonds. The van der Waals surface area contributed by atoms with Crippen LogP contribution in [0, 0.1) is 50.7 Å². The molecule has 1 saturated heterocycles. The summed E-state index contributed by atoms with van der Waals surface area (Å²) in [7, 11) is 0. The van der Waals surface area contributed by atoms with Gasteiger partial charge in [-0.05, 0) is 104 Å². The van der Waals surface area contributed by atoms with Gasteiger partial charge in [0.25, 0.3) is 0 Å². The van der Waals surface area contributed by atoms with Crippen LogP contribution >= 0.6 is 0 Å². The fraction of sp³-hybridized carbons (Fsp3) is 0.963. The van der Waals surface area contributed by atoms with Gasteiger partial charge in [0.15, 0.2) is 0 Å². The van der Waals surface area contributed by atoms with Crippen LogP contribution in [0.4, 0.5) is 0 Å². The van der Waals surface area contributed by atoms with Gasteiger partial charge in [0, 0.05) is 5.92 Å². The topological polar surface area (TPSA) is 46.5 Å². The highest BCUT2D eigenvalue weighted by Crippen LogP contribution is 2.77. The van der Waals surface area contributed by atoms with E-state index in [1.807, 2.05) is 0 Å². The molecule has 1 N–H and O–H groups in total. The summed E-state index contributed by atoms with van der Waals surface area (Å²) in [5.41, 5.74) is 0.879. The van der Waals surface area contributed by atoms with Crippen LogP contribution in [-0.4, -0.2) is 23.3 Å². The van der Waals surface area contributed by atoms with Crippen molar-refractivity contribution in [3.05, 3.63) is 0 Å². The second kappa shape index (κ2) is 5.67. The van der Waals surface area contributed by atoms with Crippen molar-refractivity contribution in [3.63, 3.8) is 0 Å². The van der Waals surface area contributed by atoms with Crippen LogP contribution in [0.5, 0.6) is 0 Å². The Morgan fingerprint density at radius 1 is 0.800 bits per heavy atom. The van der Waals surface area contributed by atoms with Gasteiger partial charge in [-0.3, -0.25) is 4.79 Å². The van der Waals surface area contributed by atoms with E-state index >= 15 is 0 Å². The summed E-state index contributed by atoms with van der Waals surface area (Å²) in [4.78, 5) is 12.8. The molecule has 0 aromatic carbocycles. The Hall–Kier alpha value is -0.570. The van der Waals surface area contributed by atoms with Gasteiger partial charge < -0.3 is 9.84 Å². The molecule has 10 atom stereocenters. The lowest BCUT2D eigenvalue weighted by Gasteiger charge is -2.72. The molecule has 0 radical (unpaired) electrons. The second-order valence-corrected chi connectivity index (χ2v) is 13.7. The summed E-state index contributed by atoms with van der Waals surface area (Å²) >= 11 is 0. The molecule has 3 nitrogen and oxygen atoms in total. The highest BCUT2D eigenvalue weighted by molar-refractivity contribution is 5.81. The number of aliphatic hydroxyl groups excluding tert-OH is 1. The molecular weight excluding hydrogens is 372 g/mol. The average Bonchev–Trinajstić information content (AvgIpc) is 3.18. The summed E-state index contributed by atoms with van der Waals surface area (Å²) < 4.78 is 5.94. The van der Waals surface area contributed by atoms with E-state index in [2.05, 4.69) is 34.6 Å². The van der Waals surface area contributed by atoms with Crippen molar-refractivity contribution in [1.82, 2.24) is 0 Å². The molecule has 0 aromatic rings. The summed E-state index contributed by atoms with van der Waals surface area (Å²) in [6.07, 6.45) is 11.8. The molecular formula is C27H42O3. The van der Waals surface area contributed by atoms with E-state index in [9.17, 15) is 9.90 Å². The van der Waals surface area contributed by atoms with Gasteiger partial charge in [-0.25, -0.2) is 0 Å². The molecule has 30 heavy (non-hydrogen) atoms. The Balaban J connectivity index is 1.40. The predicted molar refractivity (Wildman–Crippen MR) is 117 cm³/mol. The minimum absolute atomic E-state index is 0.0214. The van der Waals surface area contributed by atoms with Gasteiger partial charge in [-0.2, -0.15) is 0 Å². The Bertz CT molecular complexity index is 789. The van der Waals surface area contributed by atoms with Crippen molar-refractivity contribution in [1.29, 1.82) is 0 Å². The smallest absolute Gasteiger partial charge is 0.312 e. The van der Waals surface area contributed by atoms with Gasteiger partial charge in [0.1, 0.15) is 6.10 Å². The number of ether oxygens (including phenoxy) is 1. The summed E-state index contributed by atoms with van der Waals surface area (Å²) in [5, 5.41) is 10.8. The lowest BCUT2D eigenvalue weighted by molar-refractivity contribution is -0.243. The minimum Gasteiger partial charge on any atom is -0.462 e. The zero-order valence-corrected chi connectivity index (χ0v) is 19.8. The van der Waals surface area contributed by atoms with Crippen LogP contribution in [0.15, 0.2) is 0 Å². The summed E-state index contributed by atoms with van der Waals surface area (Å²) in [5.74, 6) is 2.64. The minimum atomic E-state index is -0.154. The monoisotopic (exact) mass is 414 g/mol. The van der Waals surface area contributed by atoms with Crippen LogP contribution in [-0.2, 0) is 9.53 Å². The molecule has 6 fully saturated rings. The Kier molecular flexibility index (Phi) is 3.79. The molecule has 5 aliphatic carbocycles. The van der Waals surface area contributed by atoms with E-state index in [1.54, 1.807) is 0 Å². The summed E-state index contributed by atoms with van der Waals surface area (Å²) in [6.45, 7) is 12.5. The Morgan fingerprint density at radius 2 is 1.57 bits per heavy atom. The van der Waals surface area contributed by atoms with Gasteiger partial charge in [0.05, 0.1) is 11.5 Å². The van der Waals surface area contributed by atoms with Crippen molar-refractivity contribution in [3.8, 4) is 0 Å². The molecule has 2 bridgehead atoms. The SMILES string of the molecule is CC1(C)[C@@H](O)CC[C@]2(C)[C@H]3CC[C@@H]4[C@H]5[C@@H]6CC[C@@]5(CC[C@@]4(C)[C@]3(C)CC[C@@H]12)C(=O)O6. The highest BCUT2D eigenvalue weighted by atomic mass is 16.6. The van der Waals surface area contributed by atoms with Gasteiger partial charge in [-0.1, -0.05) is 34.6 Å². The van der Waals surface area contributed by atoms with E-state index < -0.39 is 0 Å². The quantitative estimate of drug-likeness (QED) is 0.514. The predicted octanol–water partition coefficient (Wildman–Crippen LogP) is 5.74. The van der Waals surface area contributed by atoms with Crippen LogP contribution in [0.3, 0.4) is 0 Å². The van der Waals surface area contributed by atoms with Crippen molar-refractivity contribution in [2.24, 2.45) is 50.7 Å². The van der Waals surface area contributed by atoms with Gasteiger partial charge >= 0.3 is 5.97 Å². The van der Waals surface area contributed by atoms with E-state index in [1.165, 1.54) is 38.5 Å². The molecule has 1 aliphatic heterocycles. The van der Waals surface area contributed by atoms with Crippen LogP contribution in [0.25, 0.3) is 0 Å². The Labute approximate surface area is 182 Å². The van der Waals surface area contributed by atoms with E-state index in [4.69, 9.17) is 4.74 Å². The lowest BCUT2D eigenvalue weighted by Crippen LogP contribution is -2.66. The first kappa shape index (κ1) is 20.1. The van der Waals surface area contributed by atoms with Gasteiger partial charge in [0.2, 0.25) is 0 Å². The van der Waals surface area contributed by atoms with Crippen molar-refractivity contribution >= 4 is 5.97 Å². The lowest BCUT2D eigenvalue weighted by atomic mass is 9.32. The van der Waals surface area contributed by atoms with E-state index in [0.29, 0.717) is 34.0 Å². The zero-order valence-electron chi connectivity index (χ0n) is 19.8. The highest BCUT2D eigenvalue weighted by Gasteiger charge is 2.74. The molecule has 0 spiro atoms. The molecule has 6 aliphatic rings. The number of carbonyl (C=O) groups excluding carboxylic acids is 1. The number of carbonyl (C=O) groups is 1. The first-order valence-corrected chi connectivity index (χ1v) is 12.9. The fourth-order valence-electron chi connectivity index (χ4n) is 11.3. The number of hydrogen-bond acceptors (Lipinski definition) is 3. The number of aliphatic hydroxyl groups is 1. The molecule has 168 valence electrons. The number of fused-ring (bicyclic) bond motifs is 5. The number of esters is 1. The number of hydrogen-bond donors (Lipinski definition) is 1. The van der Waals surface area contributed by atoms with E-state index in [-0.39, 0.29) is 29.0 Å². The van der Waals surface area contributed by atoms with Crippen LogP contribution in [0.1, 0.15) is 98.8 Å². The third-order valence-electron chi connectivity index (χ3n) is 13.0. The molecule has 0 unspecified atom stereocenters. The molecule has 6 rings (SSSR count). The molecule has 5 saturated carbocycles. The van der Waals surface area contributed by atoms with Gasteiger partial charge in [-0.15, -0.1) is 0 Å². The number of rotatable bonds is 0. The molecule has 1 heterocycles. The Morgan fingerprint density at radius 3 is 2.30 bits per heavy atom. The molecule has 3 heteroatoms. The third kappa shape index (κ3) is 1.98. The fourth-order valence-corrected chi connectivity index (χ4v) is 11.3. The normalized spacial score (nSPS) is 60.8. The summed E-state index contributed by atoms with van der Waals surface area (Å²) in [6, 6.07) is 0. The van der Waals surface area contributed by atoms with Crippen molar-refractivity contribution in [2.75, 3.05) is 0 Å². The maximum atomic E-state index is 12.8. The van der Waals surface area contributed by atoms with Crippen molar-refractivity contribution < 1.29 is 14.6 Å². The van der Waals surface area contributed by atoms with E-state index in [0.717, 1.165) is 31.6 Å². The first-order valence-electron chi connectivity index (χ1n) is 12.9. The zero-order chi connectivity index (χ0) is 21.3. The van der Waals surface area contributed by atoms with Crippen LogP contribution in [0.2, 0.25) is 0 Å². The third-order valence-corrected chi connectivity index (χ3v) is 13.0. The first-order chi connectivity index (χ1) is 14.0.